The summed E-state index contributed by atoms with van der Waals surface area (Å²) in [6.07, 6.45) is 5.85. The molecule has 6 nitrogen and oxygen atoms in total. The van der Waals surface area contributed by atoms with Crippen LogP contribution in [0.4, 0.5) is 0 Å². The quantitative estimate of drug-likeness (QED) is 0.678. The van der Waals surface area contributed by atoms with Crippen molar-refractivity contribution >= 4 is 17.7 Å². The molecule has 1 aliphatic heterocycles. The summed E-state index contributed by atoms with van der Waals surface area (Å²) < 4.78 is 5.41. The first-order valence-electron chi connectivity index (χ1n) is 10.4. The molecule has 2 atom stereocenters. The van der Waals surface area contributed by atoms with Crippen LogP contribution in [-0.4, -0.2) is 47.2 Å². The van der Waals surface area contributed by atoms with Crippen LogP contribution in [0.1, 0.15) is 50.5 Å². The van der Waals surface area contributed by atoms with Gasteiger partial charge in [-0.15, -0.1) is 0 Å². The molecule has 3 amide bonds. The third kappa shape index (κ3) is 3.64. The summed E-state index contributed by atoms with van der Waals surface area (Å²) in [5.74, 6) is 0.350. The van der Waals surface area contributed by atoms with Crippen molar-refractivity contribution in [2.75, 3.05) is 13.7 Å². The normalized spacial score (nSPS) is 24.2. The molecular weight excluding hydrogens is 356 g/mol. The van der Waals surface area contributed by atoms with Crippen LogP contribution in [0.2, 0.25) is 0 Å². The lowest BCUT2D eigenvalue weighted by Gasteiger charge is -2.24. The third-order valence-corrected chi connectivity index (χ3v) is 6.32. The molecule has 0 bridgehead atoms. The highest BCUT2D eigenvalue weighted by atomic mass is 16.5. The number of carbonyl (C=O) groups is 3. The summed E-state index contributed by atoms with van der Waals surface area (Å²) >= 11 is 0. The van der Waals surface area contributed by atoms with Crippen LogP contribution in [-0.2, 0) is 20.9 Å². The van der Waals surface area contributed by atoms with E-state index in [4.69, 9.17) is 4.74 Å². The van der Waals surface area contributed by atoms with Gasteiger partial charge in [-0.05, 0) is 31.7 Å². The van der Waals surface area contributed by atoms with E-state index in [0.717, 1.165) is 49.8 Å². The van der Waals surface area contributed by atoms with Gasteiger partial charge in [-0.25, -0.2) is 0 Å². The zero-order chi connectivity index (χ0) is 19.7. The highest BCUT2D eigenvalue weighted by Crippen LogP contribution is 2.38. The summed E-state index contributed by atoms with van der Waals surface area (Å²) in [4.78, 5) is 41.4. The van der Waals surface area contributed by atoms with Crippen molar-refractivity contribution in [1.82, 2.24) is 9.80 Å². The molecule has 150 valence electrons. The number of hydrogen-bond donors (Lipinski definition) is 0. The lowest BCUT2D eigenvalue weighted by atomic mass is 9.81. The fourth-order valence-electron chi connectivity index (χ4n) is 4.63. The van der Waals surface area contributed by atoms with E-state index in [1.165, 1.54) is 4.90 Å². The fraction of sp³-hybridized carbons (Fsp3) is 0.591. The summed E-state index contributed by atoms with van der Waals surface area (Å²) in [6, 6.07) is 7.98. The number of amides is 3. The zero-order valence-electron chi connectivity index (χ0n) is 16.4. The van der Waals surface area contributed by atoms with Gasteiger partial charge in [-0.2, -0.15) is 0 Å². The van der Waals surface area contributed by atoms with Crippen LogP contribution < -0.4 is 4.74 Å². The molecule has 1 aromatic carbocycles. The minimum absolute atomic E-state index is 0.00359. The maximum atomic E-state index is 12.9. The third-order valence-electron chi connectivity index (χ3n) is 6.32. The van der Waals surface area contributed by atoms with Crippen LogP contribution >= 0.6 is 0 Å². The van der Waals surface area contributed by atoms with Crippen molar-refractivity contribution in [3.05, 3.63) is 29.8 Å². The van der Waals surface area contributed by atoms with E-state index in [-0.39, 0.29) is 48.6 Å². The van der Waals surface area contributed by atoms with E-state index >= 15 is 0 Å². The predicted octanol–water partition coefficient (Wildman–Crippen LogP) is 2.75. The lowest BCUT2D eigenvalue weighted by Crippen LogP contribution is -2.38. The second kappa shape index (κ2) is 7.94. The highest BCUT2D eigenvalue weighted by Gasteiger charge is 2.48. The zero-order valence-corrected chi connectivity index (χ0v) is 16.4. The molecule has 28 heavy (non-hydrogen) atoms. The number of methoxy groups -OCH3 is 1. The minimum atomic E-state index is -0.149. The molecule has 0 N–H and O–H groups in total. The molecule has 2 aliphatic carbocycles. The van der Waals surface area contributed by atoms with Crippen molar-refractivity contribution in [3.8, 4) is 5.75 Å². The Labute approximate surface area is 165 Å². The molecule has 0 spiro atoms. The van der Waals surface area contributed by atoms with Gasteiger partial charge in [-0.1, -0.05) is 31.0 Å². The smallest absolute Gasteiger partial charge is 0.233 e. The highest BCUT2D eigenvalue weighted by molar-refractivity contribution is 6.05. The molecule has 2 saturated carbocycles. The first kappa shape index (κ1) is 19.0. The average molecular weight is 384 g/mol. The molecule has 0 aromatic heterocycles. The second-order valence-corrected chi connectivity index (χ2v) is 8.14. The summed E-state index contributed by atoms with van der Waals surface area (Å²) in [6.45, 7) is 0.708. The van der Waals surface area contributed by atoms with Gasteiger partial charge >= 0.3 is 0 Å². The van der Waals surface area contributed by atoms with E-state index in [0.29, 0.717) is 6.54 Å². The average Bonchev–Trinajstić information content (AvgIpc) is 3.53. The van der Waals surface area contributed by atoms with Gasteiger partial charge in [0, 0.05) is 31.1 Å². The van der Waals surface area contributed by atoms with Gasteiger partial charge in [0.05, 0.1) is 18.9 Å². The maximum Gasteiger partial charge on any atom is 0.233 e. The molecule has 3 aliphatic rings. The van der Waals surface area contributed by atoms with Crippen LogP contribution in [0.15, 0.2) is 24.3 Å². The Bertz CT molecular complexity index is 750. The van der Waals surface area contributed by atoms with Crippen molar-refractivity contribution < 1.29 is 19.1 Å². The van der Waals surface area contributed by atoms with Gasteiger partial charge < -0.3 is 9.64 Å². The Balaban J connectivity index is 1.40. The topological polar surface area (TPSA) is 66.9 Å². The largest absolute Gasteiger partial charge is 0.496 e. The SMILES string of the molecule is COc1ccccc1CN(C(=O)CCN1C(=O)C2CCCCC2C1=O)C1CC1. The Morgan fingerprint density at radius 3 is 2.32 bits per heavy atom. The molecule has 0 radical (unpaired) electrons. The number of hydrogen-bond acceptors (Lipinski definition) is 4. The molecule has 4 rings (SSSR count). The number of imide groups is 1. The molecule has 1 aromatic rings. The first-order valence-corrected chi connectivity index (χ1v) is 10.4. The standard InChI is InChI=1S/C22H28N2O4/c1-28-19-9-5-2-6-15(19)14-24(16-10-11-16)20(25)12-13-23-21(26)17-7-3-4-8-18(17)22(23)27/h2,5-6,9,16-18H,3-4,7-8,10-14H2,1H3. The van der Waals surface area contributed by atoms with Crippen molar-refractivity contribution in [2.24, 2.45) is 11.8 Å². The Morgan fingerprint density at radius 2 is 1.71 bits per heavy atom. The van der Waals surface area contributed by atoms with Crippen LogP contribution in [0.3, 0.4) is 0 Å². The second-order valence-electron chi connectivity index (χ2n) is 8.14. The molecular formula is C22H28N2O4. The van der Waals surface area contributed by atoms with E-state index in [9.17, 15) is 14.4 Å². The monoisotopic (exact) mass is 384 g/mol. The number of benzene rings is 1. The number of carbonyl (C=O) groups excluding carboxylic acids is 3. The van der Waals surface area contributed by atoms with E-state index in [1.54, 1.807) is 7.11 Å². The number of rotatable bonds is 7. The Kier molecular flexibility index (Phi) is 5.38. The molecule has 1 saturated heterocycles. The van der Waals surface area contributed by atoms with Gasteiger partial charge in [0.15, 0.2) is 0 Å². The Hall–Kier alpha value is -2.37. The van der Waals surface area contributed by atoms with E-state index in [1.807, 2.05) is 29.2 Å². The summed E-state index contributed by atoms with van der Waals surface area (Å²) in [5.41, 5.74) is 0.976. The maximum absolute atomic E-state index is 12.9. The van der Waals surface area contributed by atoms with Gasteiger partial charge in [0.1, 0.15) is 5.75 Å². The summed E-state index contributed by atoms with van der Waals surface area (Å²) in [7, 11) is 1.63. The Morgan fingerprint density at radius 1 is 1.07 bits per heavy atom. The van der Waals surface area contributed by atoms with Crippen molar-refractivity contribution in [1.29, 1.82) is 0 Å². The predicted molar refractivity (Wildman–Crippen MR) is 103 cm³/mol. The molecule has 1 heterocycles. The van der Waals surface area contributed by atoms with Gasteiger partial charge in [0.2, 0.25) is 17.7 Å². The number of nitrogens with zero attached hydrogens (tertiary/aromatic N) is 2. The van der Waals surface area contributed by atoms with Crippen LogP contribution in [0, 0.1) is 11.8 Å². The number of para-hydroxylation sites is 1. The van der Waals surface area contributed by atoms with E-state index in [2.05, 4.69) is 0 Å². The first-order chi connectivity index (χ1) is 13.6. The number of likely N-dealkylation sites (tertiary alicyclic amines) is 1. The molecule has 6 heteroatoms. The minimum Gasteiger partial charge on any atom is -0.496 e. The van der Waals surface area contributed by atoms with Gasteiger partial charge in [0.25, 0.3) is 0 Å². The number of fused-ring (bicyclic) bond motifs is 1. The van der Waals surface area contributed by atoms with Crippen molar-refractivity contribution in [2.45, 2.75) is 57.5 Å². The molecule has 2 unspecified atom stereocenters. The van der Waals surface area contributed by atoms with Gasteiger partial charge in [-0.3, -0.25) is 19.3 Å². The van der Waals surface area contributed by atoms with Crippen LogP contribution in [0.25, 0.3) is 0 Å². The molecule has 3 fully saturated rings. The fourth-order valence-corrected chi connectivity index (χ4v) is 4.63. The van der Waals surface area contributed by atoms with Crippen molar-refractivity contribution in [3.63, 3.8) is 0 Å². The summed E-state index contributed by atoms with van der Waals surface area (Å²) in [5, 5.41) is 0. The van der Waals surface area contributed by atoms with Crippen LogP contribution in [0.5, 0.6) is 5.75 Å². The van der Waals surface area contributed by atoms with E-state index < -0.39 is 0 Å². The number of ether oxygens (including phenoxy) is 1. The lowest BCUT2D eigenvalue weighted by molar-refractivity contribution is -0.141.